The van der Waals surface area contributed by atoms with Crippen LogP contribution in [0.5, 0.6) is 11.5 Å². The first kappa shape index (κ1) is 13.7. The van der Waals surface area contributed by atoms with Crippen LogP contribution in [-0.4, -0.2) is 17.3 Å². The lowest BCUT2D eigenvalue weighted by Gasteiger charge is -2.04. The molecule has 0 atom stereocenters. The van der Waals surface area contributed by atoms with Gasteiger partial charge in [-0.3, -0.25) is 0 Å². The maximum atomic E-state index is 5.55. The first-order chi connectivity index (χ1) is 10.2. The van der Waals surface area contributed by atoms with Crippen molar-refractivity contribution in [1.29, 1.82) is 0 Å². The van der Waals surface area contributed by atoms with Gasteiger partial charge < -0.3 is 18.3 Å². The van der Waals surface area contributed by atoms with Crippen LogP contribution < -0.4 is 9.47 Å². The van der Waals surface area contributed by atoms with Gasteiger partial charge in [0.05, 0.1) is 7.11 Å². The molecule has 2 aromatic heterocycles. The molecule has 3 rings (SSSR count). The van der Waals surface area contributed by atoms with E-state index in [2.05, 4.69) is 26.1 Å². The topological polar surface area (TPSA) is 70.5 Å². The normalized spacial score (nSPS) is 10.6. The molecule has 0 aliphatic rings. The number of halogens is 1. The molecule has 0 unspecified atom stereocenters. The van der Waals surface area contributed by atoms with Crippen LogP contribution in [0.1, 0.15) is 5.89 Å². The number of benzene rings is 1. The van der Waals surface area contributed by atoms with E-state index < -0.39 is 0 Å². The summed E-state index contributed by atoms with van der Waals surface area (Å²) in [6.45, 7) is 0.182. The molecular formula is C14H11BrN2O4. The summed E-state index contributed by atoms with van der Waals surface area (Å²) in [7, 11) is 1.61. The molecule has 3 aromatic rings. The van der Waals surface area contributed by atoms with E-state index in [-0.39, 0.29) is 6.61 Å². The monoisotopic (exact) mass is 350 g/mol. The summed E-state index contributed by atoms with van der Waals surface area (Å²) < 4.78 is 22.0. The van der Waals surface area contributed by atoms with E-state index in [1.165, 1.54) is 0 Å². The van der Waals surface area contributed by atoms with Crippen LogP contribution in [0, 0.1) is 0 Å². The lowest BCUT2D eigenvalue weighted by molar-refractivity contribution is 0.263. The van der Waals surface area contributed by atoms with Gasteiger partial charge in [-0.05, 0) is 52.3 Å². The Morgan fingerprint density at radius 2 is 1.76 bits per heavy atom. The summed E-state index contributed by atoms with van der Waals surface area (Å²) in [5, 5.41) is 7.82. The molecule has 0 aliphatic carbocycles. The second kappa shape index (κ2) is 6.01. The Labute approximate surface area is 128 Å². The van der Waals surface area contributed by atoms with E-state index in [4.69, 9.17) is 18.3 Å². The van der Waals surface area contributed by atoms with Crippen molar-refractivity contribution in [2.45, 2.75) is 6.61 Å². The second-order valence-corrected chi connectivity index (χ2v) is 4.85. The Balaban J connectivity index is 1.64. The van der Waals surface area contributed by atoms with Gasteiger partial charge in [0.1, 0.15) is 11.5 Å². The molecule has 2 heterocycles. The van der Waals surface area contributed by atoms with Crippen LogP contribution in [0.2, 0.25) is 0 Å². The number of hydrogen-bond acceptors (Lipinski definition) is 6. The number of methoxy groups -OCH3 is 1. The summed E-state index contributed by atoms with van der Waals surface area (Å²) in [6.07, 6.45) is 0. The zero-order chi connectivity index (χ0) is 14.7. The number of rotatable bonds is 5. The Morgan fingerprint density at radius 3 is 2.43 bits per heavy atom. The number of hydrogen-bond donors (Lipinski definition) is 0. The SMILES string of the molecule is COc1ccc(OCc2nnc(-c3ccc(Br)o3)o2)cc1. The van der Waals surface area contributed by atoms with Gasteiger partial charge in [0.15, 0.2) is 17.0 Å². The maximum Gasteiger partial charge on any atom is 0.283 e. The minimum absolute atomic E-state index is 0.182. The van der Waals surface area contributed by atoms with Crippen molar-refractivity contribution >= 4 is 15.9 Å². The van der Waals surface area contributed by atoms with Gasteiger partial charge in [-0.2, -0.15) is 0 Å². The van der Waals surface area contributed by atoms with Gasteiger partial charge in [-0.15, -0.1) is 10.2 Å². The average molecular weight is 351 g/mol. The highest BCUT2D eigenvalue weighted by atomic mass is 79.9. The molecule has 0 fully saturated rings. The molecule has 0 spiro atoms. The van der Waals surface area contributed by atoms with Gasteiger partial charge in [-0.25, -0.2) is 0 Å². The van der Waals surface area contributed by atoms with E-state index in [1.807, 2.05) is 12.1 Å². The Kier molecular flexibility index (Phi) is 3.92. The minimum Gasteiger partial charge on any atom is -0.497 e. The molecular weight excluding hydrogens is 340 g/mol. The number of furan rings is 1. The van der Waals surface area contributed by atoms with Crippen LogP contribution in [0.25, 0.3) is 11.7 Å². The van der Waals surface area contributed by atoms with E-state index in [0.717, 1.165) is 5.75 Å². The largest absolute Gasteiger partial charge is 0.497 e. The van der Waals surface area contributed by atoms with Crippen molar-refractivity contribution in [2.75, 3.05) is 7.11 Å². The van der Waals surface area contributed by atoms with Crippen molar-refractivity contribution in [3.63, 3.8) is 0 Å². The molecule has 0 N–H and O–H groups in total. The predicted octanol–water partition coefficient (Wildman–Crippen LogP) is 3.68. The van der Waals surface area contributed by atoms with Crippen LogP contribution in [0.3, 0.4) is 0 Å². The smallest absolute Gasteiger partial charge is 0.283 e. The van der Waals surface area contributed by atoms with Gasteiger partial charge in [-0.1, -0.05) is 0 Å². The molecule has 7 heteroatoms. The highest BCUT2D eigenvalue weighted by Crippen LogP contribution is 2.24. The zero-order valence-corrected chi connectivity index (χ0v) is 12.7. The summed E-state index contributed by atoms with van der Waals surface area (Å²) >= 11 is 3.22. The molecule has 0 saturated heterocycles. The summed E-state index contributed by atoms with van der Waals surface area (Å²) in [5.41, 5.74) is 0. The van der Waals surface area contributed by atoms with Gasteiger partial charge in [0, 0.05) is 0 Å². The fourth-order valence-corrected chi connectivity index (χ4v) is 1.96. The third kappa shape index (κ3) is 3.25. The summed E-state index contributed by atoms with van der Waals surface area (Å²) in [5.74, 6) is 2.65. The van der Waals surface area contributed by atoms with Crippen molar-refractivity contribution < 1.29 is 18.3 Å². The number of aromatic nitrogens is 2. The molecule has 0 saturated carbocycles. The fourth-order valence-electron chi connectivity index (χ4n) is 1.66. The Hall–Kier alpha value is -2.28. The van der Waals surface area contributed by atoms with E-state index >= 15 is 0 Å². The van der Waals surface area contributed by atoms with Crippen LogP contribution in [0.4, 0.5) is 0 Å². The molecule has 0 amide bonds. The number of ether oxygens (including phenoxy) is 2. The van der Waals surface area contributed by atoms with E-state index in [9.17, 15) is 0 Å². The molecule has 21 heavy (non-hydrogen) atoms. The number of nitrogens with zero attached hydrogens (tertiary/aromatic N) is 2. The highest BCUT2D eigenvalue weighted by Gasteiger charge is 2.12. The van der Waals surface area contributed by atoms with Crippen LogP contribution in [-0.2, 0) is 6.61 Å². The van der Waals surface area contributed by atoms with Crippen LogP contribution >= 0.6 is 15.9 Å². The first-order valence-corrected chi connectivity index (χ1v) is 6.89. The Morgan fingerprint density at radius 1 is 1.00 bits per heavy atom. The molecule has 0 radical (unpaired) electrons. The molecule has 108 valence electrons. The van der Waals surface area contributed by atoms with Crippen LogP contribution in [0.15, 0.2) is 49.9 Å². The van der Waals surface area contributed by atoms with Gasteiger partial charge in [0.25, 0.3) is 11.8 Å². The van der Waals surface area contributed by atoms with Crippen molar-refractivity contribution in [3.05, 3.63) is 47.0 Å². The van der Waals surface area contributed by atoms with Crippen molar-refractivity contribution in [3.8, 4) is 23.1 Å². The van der Waals surface area contributed by atoms with Crippen molar-refractivity contribution in [1.82, 2.24) is 10.2 Å². The summed E-state index contributed by atoms with van der Waals surface area (Å²) in [6, 6.07) is 10.7. The maximum absolute atomic E-state index is 5.55. The average Bonchev–Trinajstić information content (AvgIpc) is 3.14. The van der Waals surface area contributed by atoms with Gasteiger partial charge >= 0.3 is 0 Å². The van der Waals surface area contributed by atoms with E-state index in [1.54, 1.807) is 31.4 Å². The molecule has 6 nitrogen and oxygen atoms in total. The highest BCUT2D eigenvalue weighted by molar-refractivity contribution is 9.10. The van der Waals surface area contributed by atoms with Gasteiger partial charge in [0.2, 0.25) is 0 Å². The minimum atomic E-state index is 0.182. The quantitative estimate of drug-likeness (QED) is 0.698. The summed E-state index contributed by atoms with van der Waals surface area (Å²) in [4.78, 5) is 0. The third-order valence-electron chi connectivity index (χ3n) is 2.67. The first-order valence-electron chi connectivity index (χ1n) is 6.09. The Bertz CT molecular complexity index is 721. The molecule has 1 aromatic carbocycles. The predicted molar refractivity (Wildman–Crippen MR) is 77.0 cm³/mol. The van der Waals surface area contributed by atoms with E-state index in [0.29, 0.717) is 28.0 Å². The molecule has 0 aliphatic heterocycles. The molecule has 0 bridgehead atoms. The second-order valence-electron chi connectivity index (χ2n) is 4.07. The fraction of sp³-hybridized carbons (Fsp3) is 0.143. The lowest BCUT2D eigenvalue weighted by Crippen LogP contribution is -1.95. The van der Waals surface area contributed by atoms with Crippen molar-refractivity contribution in [2.24, 2.45) is 0 Å². The standard InChI is InChI=1S/C14H11BrN2O4/c1-18-9-2-4-10(5-3-9)19-8-13-16-17-14(21-13)11-6-7-12(15)20-11/h2-7H,8H2,1H3. The lowest BCUT2D eigenvalue weighted by atomic mass is 10.3. The zero-order valence-electron chi connectivity index (χ0n) is 11.1. The third-order valence-corrected chi connectivity index (χ3v) is 3.10.